The summed E-state index contributed by atoms with van der Waals surface area (Å²) in [7, 11) is 0. The highest BCUT2D eigenvalue weighted by atomic mass is 79.9. The van der Waals surface area contributed by atoms with E-state index in [2.05, 4.69) is 35.6 Å². The number of fused-ring (bicyclic) bond motifs is 1. The number of amides is 1. The van der Waals surface area contributed by atoms with Crippen LogP contribution in [-0.4, -0.2) is 41.7 Å². The van der Waals surface area contributed by atoms with Crippen molar-refractivity contribution in [2.75, 3.05) is 6.54 Å². The van der Waals surface area contributed by atoms with Gasteiger partial charge in [0.2, 0.25) is 10.6 Å². The van der Waals surface area contributed by atoms with Crippen molar-refractivity contribution in [2.45, 2.75) is 19.5 Å². The molecule has 0 aromatic carbocycles. The van der Waals surface area contributed by atoms with E-state index >= 15 is 0 Å². The molecule has 0 saturated carbocycles. The lowest BCUT2D eigenvalue weighted by atomic mass is 10.3. The van der Waals surface area contributed by atoms with Crippen molar-refractivity contribution < 1.29 is 4.79 Å². The number of carbonyl (C=O) groups is 1. The molecule has 0 aliphatic carbocycles. The SMILES string of the molecule is O=C(Cc1cnns1)N1CCn2nc(Br)nc2C1. The topological polar surface area (TPSA) is 76.8 Å². The molecule has 0 spiro atoms. The van der Waals surface area contributed by atoms with Crippen LogP contribution >= 0.6 is 27.5 Å². The Kier molecular flexibility index (Phi) is 3.08. The zero-order chi connectivity index (χ0) is 12.5. The van der Waals surface area contributed by atoms with Crippen molar-refractivity contribution >= 4 is 33.4 Å². The molecule has 0 radical (unpaired) electrons. The lowest BCUT2D eigenvalue weighted by molar-refractivity contribution is -0.132. The Morgan fingerprint density at radius 2 is 2.39 bits per heavy atom. The Morgan fingerprint density at radius 3 is 3.17 bits per heavy atom. The van der Waals surface area contributed by atoms with E-state index in [4.69, 9.17) is 0 Å². The van der Waals surface area contributed by atoms with Gasteiger partial charge in [-0.2, -0.15) is 0 Å². The molecule has 0 unspecified atom stereocenters. The number of carbonyl (C=O) groups excluding carboxylic acids is 1. The smallest absolute Gasteiger partial charge is 0.228 e. The Morgan fingerprint density at radius 1 is 1.50 bits per heavy atom. The second-order valence-electron chi connectivity index (χ2n) is 3.90. The van der Waals surface area contributed by atoms with Gasteiger partial charge in [0.1, 0.15) is 5.82 Å². The number of hydrogen-bond donors (Lipinski definition) is 0. The first-order chi connectivity index (χ1) is 8.72. The molecule has 0 atom stereocenters. The fraction of sp³-hybridized carbons (Fsp3) is 0.444. The summed E-state index contributed by atoms with van der Waals surface area (Å²) in [5.41, 5.74) is 0. The van der Waals surface area contributed by atoms with E-state index in [9.17, 15) is 4.79 Å². The van der Waals surface area contributed by atoms with Crippen LogP contribution in [0.5, 0.6) is 0 Å². The van der Waals surface area contributed by atoms with E-state index in [1.54, 1.807) is 11.1 Å². The van der Waals surface area contributed by atoms with Crippen LogP contribution in [0.25, 0.3) is 0 Å². The minimum Gasteiger partial charge on any atom is -0.333 e. The molecular formula is C9H9BrN6OS. The van der Waals surface area contributed by atoms with Crippen LogP contribution in [0.4, 0.5) is 0 Å². The van der Waals surface area contributed by atoms with Gasteiger partial charge in [0.05, 0.1) is 30.6 Å². The normalized spacial score (nSPS) is 14.6. The summed E-state index contributed by atoms with van der Waals surface area (Å²) in [6, 6.07) is 0. The molecule has 3 heterocycles. The predicted molar refractivity (Wildman–Crippen MR) is 66.8 cm³/mol. The number of rotatable bonds is 2. The fourth-order valence-electron chi connectivity index (χ4n) is 1.84. The lowest BCUT2D eigenvalue weighted by Crippen LogP contribution is -2.39. The summed E-state index contributed by atoms with van der Waals surface area (Å²) >= 11 is 4.49. The molecule has 1 aliphatic rings. The van der Waals surface area contributed by atoms with Gasteiger partial charge < -0.3 is 4.90 Å². The summed E-state index contributed by atoms with van der Waals surface area (Å²) in [6.07, 6.45) is 1.98. The zero-order valence-electron chi connectivity index (χ0n) is 9.28. The summed E-state index contributed by atoms with van der Waals surface area (Å²) < 4.78 is 6.14. The number of halogens is 1. The lowest BCUT2D eigenvalue weighted by Gasteiger charge is -2.26. The highest BCUT2D eigenvalue weighted by Gasteiger charge is 2.23. The standard InChI is InChI=1S/C9H9BrN6OS/c10-9-12-7-5-15(1-2-16(7)13-9)8(17)3-6-4-11-14-18-6/h4H,1-3,5H2. The van der Waals surface area contributed by atoms with Crippen LogP contribution in [0, 0.1) is 0 Å². The molecule has 3 rings (SSSR count). The van der Waals surface area contributed by atoms with Crippen molar-refractivity contribution in [2.24, 2.45) is 0 Å². The van der Waals surface area contributed by atoms with Crippen molar-refractivity contribution in [3.63, 3.8) is 0 Å². The Balaban J connectivity index is 1.70. The van der Waals surface area contributed by atoms with Gasteiger partial charge in [0.15, 0.2) is 0 Å². The number of nitrogens with zero attached hydrogens (tertiary/aromatic N) is 6. The third-order valence-electron chi connectivity index (χ3n) is 2.72. The second kappa shape index (κ2) is 4.73. The van der Waals surface area contributed by atoms with E-state index in [0.717, 1.165) is 10.7 Å². The minimum absolute atomic E-state index is 0.0754. The molecule has 0 bridgehead atoms. The second-order valence-corrected chi connectivity index (χ2v) is 5.48. The molecule has 1 aliphatic heterocycles. The van der Waals surface area contributed by atoms with Crippen molar-refractivity contribution in [3.05, 3.63) is 21.6 Å². The van der Waals surface area contributed by atoms with Gasteiger partial charge in [-0.25, -0.2) is 9.67 Å². The first-order valence-corrected chi connectivity index (χ1v) is 6.92. The predicted octanol–water partition coefficient (Wildman–Crippen LogP) is 0.477. The van der Waals surface area contributed by atoms with Crippen LogP contribution < -0.4 is 0 Å². The summed E-state index contributed by atoms with van der Waals surface area (Å²) in [5.74, 6) is 0.885. The molecule has 2 aromatic rings. The molecule has 1 amide bonds. The highest BCUT2D eigenvalue weighted by molar-refractivity contribution is 9.10. The summed E-state index contributed by atoms with van der Waals surface area (Å²) in [5, 5.41) is 7.91. The Labute approximate surface area is 115 Å². The Bertz CT molecular complexity index is 568. The van der Waals surface area contributed by atoms with Crippen molar-refractivity contribution in [1.29, 1.82) is 0 Å². The van der Waals surface area contributed by atoms with Gasteiger partial charge in [-0.1, -0.05) is 4.49 Å². The molecule has 2 aromatic heterocycles. The average Bonchev–Trinajstić information content (AvgIpc) is 2.95. The van der Waals surface area contributed by atoms with Crippen LogP contribution in [0.1, 0.15) is 10.7 Å². The van der Waals surface area contributed by atoms with Gasteiger partial charge in [0.25, 0.3) is 0 Å². The Hall–Kier alpha value is -1.35. The first-order valence-electron chi connectivity index (χ1n) is 5.35. The molecule has 0 N–H and O–H groups in total. The minimum atomic E-state index is 0.0754. The monoisotopic (exact) mass is 328 g/mol. The molecular weight excluding hydrogens is 320 g/mol. The zero-order valence-corrected chi connectivity index (χ0v) is 11.7. The third-order valence-corrected chi connectivity index (χ3v) is 3.72. The summed E-state index contributed by atoms with van der Waals surface area (Å²) in [6.45, 7) is 1.85. The maximum Gasteiger partial charge on any atom is 0.228 e. The first kappa shape index (κ1) is 11.7. The van der Waals surface area contributed by atoms with E-state index in [0.29, 0.717) is 30.8 Å². The van der Waals surface area contributed by atoms with Gasteiger partial charge >= 0.3 is 0 Å². The van der Waals surface area contributed by atoms with Gasteiger partial charge in [-0.3, -0.25) is 4.79 Å². The van der Waals surface area contributed by atoms with Crippen LogP contribution in [0.3, 0.4) is 0 Å². The van der Waals surface area contributed by atoms with E-state index in [1.807, 2.05) is 4.68 Å². The van der Waals surface area contributed by atoms with E-state index < -0.39 is 0 Å². The van der Waals surface area contributed by atoms with E-state index in [-0.39, 0.29) is 5.91 Å². The summed E-state index contributed by atoms with van der Waals surface area (Å²) in [4.78, 5) is 19.0. The van der Waals surface area contributed by atoms with E-state index in [1.165, 1.54) is 11.5 Å². The van der Waals surface area contributed by atoms with Crippen molar-refractivity contribution in [3.8, 4) is 0 Å². The van der Waals surface area contributed by atoms with Crippen LogP contribution in [0.15, 0.2) is 10.9 Å². The quantitative estimate of drug-likeness (QED) is 0.801. The molecule has 94 valence electrons. The van der Waals surface area contributed by atoms with Gasteiger partial charge in [-0.15, -0.1) is 10.2 Å². The van der Waals surface area contributed by atoms with Crippen LogP contribution in [-0.2, 0) is 24.3 Å². The largest absolute Gasteiger partial charge is 0.333 e. The maximum atomic E-state index is 12.1. The highest BCUT2D eigenvalue weighted by Crippen LogP contribution is 2.14. The number of aromatic nitrogens is 5. The van der Waals surface area contributed by atoms with Gasteiger partial charge in [0, 0.05) is 6.54 Å². The van der Waals surface area contributed by atoms with Crippen molar-refractivity contribution in [1.82, 2.24) is 29.3 Å². The molecule has 9 heteroatoms. The fourth-order valence-corrected chi connectivity index (χ4v) is 2.72. The molecule has 18 heavy (non-hydrogen) atoms. The van der Waals surface area contributed by atoms with Crippen LogP contribution in [0.2, 0.25) is 0 Å². The van der Waals surface area contributed by atoms with Gasteiger partial charge in [-0.05, 0) is 27.5 Å². The number of hydrogen-bond acceptors (Lipinski definition) is 6. The molecule has 0 saturated heterocycles. The molecule has 0 fully saturated rings. The molecule has 7 nitrogen and oxygen atoms in total. The maximum absolute atomic E-state index is 12.1. The average molecular weight is 329 g/mol. The third kappa shape index (κ3) is 2.27.